The summed E-state index contributed by atoms with van der Waals surface area (Å²) in [5, 5.41) is 14.1. The lowest BCUT2D eigenvalue weighted by Crippen LogP contribution is -2.39. The summed E-state index contributed by atoms with van der Waals surface area (Å²) < 4.78 is 13.7. The van der Waals surface area contributed by atoms with Crippen molar-refractivity contribution in [2.75, 3.05) is 5.73 Å². The van der Waals surface area contributed by atoms with E-state index in [0.717, 1.165) is 11.1 Å². The predicted octanol–water partition coefficient (Wildman–Crippen LogP) is 3.74. The minimum Gasteiger partial charge on any atom is -0.482 e. The first kappa shape index (κ1) is 20.4. The van der Waals surface area contributed by atoms with Crippen LogP contribution in [0.4, 0.5) is 5.82 Å². The molecule has 2 bridgehead atoms. The van der Waals surface area contributed by atoms with Crippen molar-refractivity contribution in [1.29, 1.82) is 5.26 Å². The van der Waals surface area contributed by atoms with Gasteiger partial charge in [0.15, 0.2) is 17.2 Å². The van der Waals surface area contributed by atoms with Crippen LogP contribution < -0.4 is 15.2 Å². The Balaban J connectivity index is 2.02. The van der Waals surface area contributed by atoms with Gasteiger partial charge in [-0.2, -0.15) is 5.26 Å². The Kier molecular flexibility index (Phi) is 4.69. The molecule has 4 rings (SSSR count). The zero-order valence-electron chi connectivity index (χ0n) is 18.1. The van der Waals surface area contributed by atoms with Crippen LogP contribution in [0, 0.1) is 18.3 Å². The molecule has 1 aliphatic rings. The number of benzene rings is 1. The van der Waals surface area contributed by atoms with E-state index in [0.29, 0.717) is 22.4 Å². The number of fused-ring (bicyclic) bond motifs is 5. The van der Waals surface area contributed by atoms with Crippen molar-refractivity contribution in [2.45, 2.75) is 39.4 Å². The van der Waals surface area contributed by atoms with Gasteiger partial charge in [0.2, 0.25) is 11.7 Å². The number of nitrogen functional groups attached to an aromatic ring is 1. The van der Waals surface area contributed by atoms with Gasteiger partial charge < -0.3 is 15.2 Å². The maximum atomic E-state index is 13.6. The van der Waals surface area contributed by atoms with Crippen molar-refractivity contribution >= 4 is 11.6 Å². The van der Waals surface area contributed by atoms with E-state index in [1.165, 1.54) is 10.9 Å². The number of nitrogens with zero attached hydrogens (tertiary/aromatic N) is 4. The normalized spacial score (nSPS) is 17.2. The van der Waals surface area contributed by atoms with Crippen molar-refractivity contribution in [3.05, 3.63) is 52.8 Å². The van der Waals surface area contributed by atoms with Crippen LogP contribution in [0.2, 0.25) is 0 Å². The van der Waals surface area contributed by atoms with Gasteiger partial charge in [0, 0.05) is 29.9 Å². The minimum atomic E-state index is -1.25. The Bertz CT molecular complexity index is 1250. The largest absolute Gasteiger partial charge is 0.482 e. The van der Waals surface area contributed by atoms with Gasteiger partial charge >= 0.3 is 0 Å². The fourth-order valence-corrected chi connectivity index (χ4v) is 3.74. The number of ketones is 1. The molecule has 3 heterocycles. The van der Waals surface area contributed by atoms with Crippen molar-refractivity contribution in [3.8, 4) is 28.8 Å². The van der Waals surface area contributed by atoms with Crippen LogP contribution >= 0.6 is 0 Å². The smallest absolute Gasteiger partial charge is 0.243 e. The fourth-order valence-electron chi connectivity index (χ4n) is 3.74. The molecule has 0 saturated heterocycles. The van der Waals surface area contributed by atoms with Crippen LogP contribution in [-0.4, -0.2) is 26.1 Å². The molecule has 0 amide bonds. The molecule has 0 aliphatic carbocycles. The quantitative estimate of drug-likeness (QED) is 0.592. The van der Waals surface area contributed by atoms with Gasteiger partial charge in [-0.25, -0.2) is 4.98 Å². The number of carbonyl (C=O) groups is 1. The van der Waals surface area contributed by atoms with Crippen LogP contribution in [-0.2, 0) is 7.05 Å². The molecule has 0 fully saturated rings. The molecule has 158 valence electrons. The molecule has 0 radical (unpaired) electrons. The third-order valence-electron chi connectivity index (χ3n) is 5.38. The second kappa shape index (κ2) is 7.13. The second-order valence-corrected chi connectivity index (χ2v) is 8.16. The number of carbonyl (C=O) groups excluding carboxylic acids is 1. The van der Waals surface area contributed by atoms with Gasteiger partial charge in [0.1, 0.15) is 17.9 Å². The van der Waals surface area contributed by atoms with Gasteiger partial charge in [-0.1, -0.05) is 23.8 Å². The monoisotopic (exact) mass is 417 g/mol. The zero-order valence-corrected chi connectivity index (χ0v) is 18.1. The van der Waals surface area contributed by atoms with Gasteiger partial charge in [-0.05, 0) is 33.8 Å². The van der Waals surface area contributed by atoms with E-state index < -0.39 is 11.7 Å². The Morgan fingerprint density at radius 3 is 2.74 bits per heavy atom. The Morgan fingerprint density at radius 2 is 2.03 bits per heavy atom. The highest BCUT2D eigenvalue weighted by Crippen LogP contribution is 2.39. The second-order valence-electron chi connectivity index (χ2n) is 8.16. The molecule has 0 spiro atoms. The highest BCUT2D eigenvalue weighted by atomic mass is 16.5. The molecular weight excluding hydrogens is 394 g/mol. The molecule has 2 N–H and O–H groups in total. The summed E-state index contributed by atoms with van der Waals surface area (Å²) in [6.07, 6.45) is 1.06. The summed E-state index contributed by atoms with van der Waals surface area (Å²) in [6, 6.07) is 9.44. The number of nitriles is 1. The standard InChI is InChI=1S/C23H23N5O3/c1-12-6-7-15-16(8-12)13(2)30-18-9-14(11-26-21(18)25)19-17(10-24)28(5)27-22(19)31-23(3,4)20(15)29/h6-9,11,13H,1-5H3,(H2,25,26)/t13-/m1/s1. The predicted molar refractivity (Wildman–Crippen MR) is 115 cm³/mol. The Hall–Kier alpha value is -3.86. The number of aromatic nitrogens is 3. The number of rotatable bonds is 0. The fraction of sp³-hybridized carbons (Fsp3) is 0.304. The number of hydrogen-bond acceptors (Lipinski definition) is 7. The average molecular weight is 417 g/mol. The molecule has 1 aliphatic heterocycles. The lowest BCUT2D eigenvalue weighted by atomic mass is 9.90. The molecule has 8 heteroatoms. The van der Waals surface area contributed by atoms with E-state index >= 15 is 0 Å². The summed E-state index contributed by atoms with van der Waals surface area (Å²) >= 11 is 0. The van der Waals surface area contributed by atoms with Crippen LogP contribution in [0.15, 0.2) is 30.5 Å². The van der Waals surface area contributed by atoms with Crippen molar-refractivity contribution in [3.63, 3.8) is 0 Å². The number of ether oxygens (including phenoxy) is 2. The maximum Gasteiger partial charge on any atom is 0.243 e. The molecule has 3 aromatic rings. The van der Waals surface area contributed by atoms with E-state index in [2.05, 4.69) is 16.2 Å². The highest BCUT2D eigenvalue weighted by molar-refractivity contribution is 6.03. The first-order valence-electron chi connectivity index (χ1n) is 9.86. The van der Waals surface area contributed by atoms with Crippen LogP contribution in [0.5, 0.6) is 11.6 Å². The van der Waals surface area contributed by atoms with Crippen LogP contribution in [0.25, 0.3) is 11.1 Å². The first-order chi connectivity index (χ1) is 14.6. The average Bonchev–Trinajstić information content (AvgIpc) is 3.02. The van der Waals surface area contributed by atoms with E-state index in [1.807, 2.05) is 26.0 Å². The highest BCUT2D eigenvalue weighted by Gasteiger charge is 2.36. The SMILES string of the molecule is Cc1ccc2c(c1)[C@@H](C)Oc1cc(cnc1N)-c1c(nn(C)c1C#N)OC(C)(C)C2=O. The molecule has 0 saturated carbocycles. The molecule has 1 atom stereocenters. The Morgan fingerprint density at radius 1 is 1.29 bits per heavy atom. The molecular formula is C23H23N5O3. The topological polar surface area (TPSA) is 116 Å². The summed E-state index contributed by atoms with van der Waals surface area (Å²) in [6.45, 7) is 7.18. The number of pyridine rings is 1. The summed E-state index contributed by atoms with van der Waals surface area (Å²) in [4.78, 5) is 17.8. The lowest BCUT2D eigenvalue weighted by molar-refractivity contribution is 0.0563. The number of nitrogens with two attached hydrogens (primary N) is 1. The van der Waals surface area contributed by atoms with Crippen LogP contribution in [0.1, 0.15) is 54.1 Å². The molecule has 2 aromatic heterocycles. The van der Waals surface area contributed by atoms with Gasteiger partial charge in [0.25, 0.3) is 0 Å². The number of aryl methyl sites for hydroxylation is 2. The van der Waals surface area contributed by atoms with Gasteiger partial charge in [-0.15, -0.1) is 5.10 Å². The molecule has 31 heavy (non-hydrogen) atoms. The van der Waals surface area contributed by atoms with Gasteiger partial charge in [-0.3, -0.25) is 9.48 Å². The van der Waals surface area contributed by atoms with E-state index in [1.54, 1.807) is 33.0 Å². The number of Topliss-reactive ketones (excluding diaryl/α,β-unsaturated/α-hetero) is 1. The molecule has 8 nitrogen and oxygen atoms in total. The summed E-state index contributed by atoms with van der Waals surface area (Å²) in [5.41, 5.74) is 8.31. The number of hydrogen-bond donors (Lipinski definition) is 1. The van der Waals surface area contributed by atoms with Crippen molar-refractivity contribution in [2.24, 2.45) is 7.05 Å². The first-order valence-corrected chi connectivity index (χ1v) is 9.86. The van der Waals surface area contributed by atoms with E-state index in [4.69, 9.17) is 15.2 Å². The summed E-state index contributed by atoms with van der Waals surface area (Å²) in [5.74, 6) is 0.502. The van der Waals surface area contributed by atoms with E-state index in [9.17, 15) is 10.1 Å². The minimum absolute atomic E-state index is 0.164. The summed E-state index contributed by atoms with van der Waals surface area (Å²) in [7, 11) is 1.64. The van der Waals surface area contributed by atoms with Crippen molar-refractivity contribution < 1.29 is 14.3 Å². The third-order valence-corrected chi connectivity index (χ3v) is 5.38. The third kappa shape index (κ3) is 3.38. The number of anilines is 1. The Labute approximate surface area is 180 Å². The van der Waals surface area contributed by atoms with Crippen molar-refractivity contribution in [1.82, 2.24) is 14.8 Å². The van der Waals surface area contributed by atoms with Gasteiger partial charge in [0.05, 0.1) is 5.56 Å². The maximum absolute atomic E-state index is 13.6. The molecule has 1 aromatic carbocycles. The lowest BCUT2D eigenvalue weighted by Gasteiger charge is -2.27. The van der Waals surface area contributed by atoms with Crippen LogP contribution in [0.3, 0.4) is 0 Å². The van der Waals surface area contributed by atoms with E-state index in [-0.39, 0.29) is 23.2 Å². The zero-order chi connectivity index (χ0) is 22.5. The molecule has 0 unspecified atom stereocenters.